The quantitative estimate of drug-likeness (QED) is 0.764. The Morgan fingerprint density at radius 2 is 2.00 bits per heavy atom. The van der Waals surface area contributed by atoms with Gasteiger partial charge in [-0.05, 0) is 49.7 Å². The summed E-state index contributed by atoms with van der Waals surface area (Å²) in [5, 5.41) is 10.7. The number of aliphatic carboxylic acids is 1. The molecule has 0 bridgehead atoms. The van der Waals surface area contributed by atoms with Crippen LogP contribution in [0.1, 0.15) is 51.0 Å². The zero-order valence-electron chi connectivity index (χ0n) is 12.4. The van der Waals surface area contributed by atoms with Gasteiger partial charge in [0, 0.05) is 0 Å². The standard InChI is InChI=1S/C17H22Cl2O2/c1-2-4-12-7-9-17(10-8-12,16(20)21)11-13-5-3-6-14(18)15(13)19/h3,5-6,12H,2,4,7-11H2,1H3,(H,20,21). The lowest BCUT2D eigenvalue weighted by Gasteiger charge is -2.37. The summed E-state index contributed by atoms with van der Waals surface area (Å²) in [6, 6.07) is 5.46. The molecular weight excluding hydrogens is 307 g/mol. The van der Waals surface area contributed by atoms with Gasteiger partial charge in [0.25, 0.3) is 0 Å². The summed E-state index contributed by atoms with van der Waals surface area (Å²) in [6.07, 6.45) is 6.31. The van der Waals surface area contributed by atoms with E-state index in [1.165, 1.54) is 12.8 Å². The van der Waals surface area contributed by atoms with Crippen molar-refractivity contribution < 1.29 is 9.90 Å². The van der Waals surface area contributed by atoms with Gasteiger partial charge in [-0.1, -0.05) is 55.1 Å². The second-order valence-electron chi connectivity index (χ2n) is 6.21. The molecule has 1 aliphatic rings. The van der Waals surface area contributed by atoms with E-state index in [2.05, 4.69) is 6.92 Å². The van der Waals surface area contributed by atoms with E-state index in [0.29, 0.717) is 22.4 Å². The molecule has 0 heterocycles. The fourth-order valence-electron chi connectivity index (χ4n) is 3.44. The van der Waals surface area contributed by atoms with Crippen LogP contribution in [0.25, 0.3) is 0 Å². The van der Waals surface area contributed by atoms with Crippen LogP contribution >= 0.6 is 23.2 Å². The summed E-state index contributed by atoms with van der Waals surface area (Å²) in [5.74, 6) is -0.0224. The van der Waals surface area contributed by atoms with E-state index in [4.69, 9.17) is 23.2 Å². The Labute approximate surface area is 136 Å². The highest BCUT2D eigenvalue weighted by Crippen LogP contribution is 2.44. The Morgan fingerprint density at radius 1 is 1.33 bits per heavy atom. The van der Waals surface area contributed by atoms with Crippen molar-refractivity contribution in [3.8, 4) is 0 Å². The van der Waals surface area contributed by atoms with Gasteiger partial charge < -0.3 is 5.11 Å². The van der Waals surface area contributed by atoms with Crippen molar-refractivity contribution in [3.05, 3.63) is 33.8 Å². The molecule has 2 nitrogen and oxygen atoms in total. The summed E-state index contributed by atoms with van der Waals surface area (Å²) < 4.78 is 0. The summed E-state index contributed by atoms with van der Waals surface area (Å²) in [7, 11) is 0. The number of benzene rings is 1. The normalized spacial score (nSPS) is 25.8. The minimum Gasteiger partial charge on any atom is -0.481 e. The van der Waals surface area contributed by atoms with Crippen LogP contribution in [-0.4, -0.2) is 11.1 Å². The highest BCUT2D eigenvalue weighted by atomic mass is 35.5. The van der Waals surface area contributed by atoms with E-state index < -0.39 is 11.4 Å². The molecule has 2 rings (SSSR count). The Morgan fingerprint density at radius 3 is 2.57 bits per heavy atom. The van der Waals surface area contributed by atoms with Crippen molar-refractivity contribution in [3.63, 3.8) is 0 Å². The highest BCUT2D eigenvalue weighted by Gasteiger charge is 2.42. The number of hydrogen-bond acceptors (Lipinski definition) is 1. The van der Waals surface area contributed by atoms with E-state index in [-0.39, 0.29) is 0 Å². The molecule has 1 fully saturated rings. The van der Waals surface area contributed by atoms with Crippen molar-refractivity contribution in [1.82, 2.24) is 0 Å². The molecule has 0 spiro atoms. The molecule has 116 valence electrons. The van der Waals surface area contributed by atoms with Crippen LogP contribution in [0.3, 0.4) is 0 Å². The predicted molar refractivity (Wildman–Crippen MR) is 87.1 cm³/mol. The Bertz CT molecular complexity index is 506. The maximum Gasteiger partial charge on any atom is 0.309 e. The minimum atomic E-state index is -0.700. The first-order valence-electron chi connectivity index (χ1n) is 7.65. The molecule has 0 aromatic heterocycles. The van der Waals surface area contributed by atoms with Crippen LogP contribution in [0.4, 0.5) is 0 Å². The van der Waals surface area contributed by atoms with Gasteiger partial charge >= 0.3 is 5.97 Å². The van der Waals surface area contributed by atoms with E-state index >= 15 is 0 Å². The van der Waals surface area contributed by atoms with Crippen LogP contribution in [0.15, 0.2) is 18.2 Å². The number of rotatable bonds is 5. The number of carbonyl (C=O) groups is 1. The van der Waals surface area contributed by atoms with Crippen LogP contribution in [-0.2, 0) is 11.2 Å². The fraction of sp³-hybridized carbons (Fsp3) is 0.588. The topological polar surface area (TPSA) is 37.3 Å². The van der Waals surface area contributed by atoms with Crippen molar-refractivity contribution in [1.29, 1.82) is 0 Å². The Hall–Kier alpha value is -0.730. The van der Waals surface area contributed by atoms with Crippen molar-refractivity contribution >= 4 is 29.2 Å². The number of carboxylic acids is 1. The summed E-state index contributed by atoms with van der Waals surface area (Å²) in [6.45, 7) is 2.19. The lowest BCUT2D eigenvalue weighted by atomic mass is 9.67. The smallest absolute Gasteiger partial charge is 0.309 e. The van der Waals surface area contributed by atoms with Gasteiger partial charge in [-0.25, -0.2) is 0 Å². The summed E-state index contributed by atoms with van der Waals surface area (Å²) >= 11 is 12.3. The van der Waals surface area contributed by atoms with Gasteiger partial charge in [0.1, 0.15) is 0 Å². The second-order valence-corrected chi connectivity index (χ2v) is 6.99. The Balaban J connectivity index is 2.17. The minimum absolute atomic E-state index is 0.473. The van der Waals surface area contributed by atoms with Gasteiger partial charge in [0.2, 0.25) is 0 Å². The molecule has 1 N–H and O–H groups in total. The highest BCUT2D eigenvalue weighted by molar-refractivity contribution is 6.42. The molecule has 0 amide bonds. The molecule has 0 atom stereocenters. The molecule has 1 aromatic rings. The number of carboxylic acid groups (broad SMARTS) is 1. The lowest BCUT2D eigenvalue weighted by molar-refractivity contribution is -0.151. The maximum absolute atomic E-state index is 11.9. The summed E-state index contributed by atoms with van der Waals surface area (Å²) in [4.78, 5) is 11.9. The third-order valence-electron chi connectivity index (χ3n) is 4.77. The van der Waals surface area contributed by atoms with Crippen LogP contribution in [0.2, 0.25) is 10.0 Å². The largest absolute Gasteiger partial charge is 0.481 e. The van der Waals surface area contributed by atoms with E-state index in [1.54, 1.807) is 6.07 Å². The zero-order valence-corrected chi connectivity index (χ0v) is 13.9. The van der Waals surface area contributed by atoms with Gasteiger partial charge in [-0.3, -0.25) is 4.79 Å². The lowest BCUT2D eigenvalue weighted by Crippen LogP contribution is -2.37. The van der Waals surface area contributed by atoms with E-state index in [0.717, 1.165) is 31.2 Å². The molecule has 0 aliphatic heterocycles. The first kappa shape index (κ1) is 16.6. The second kappa shape index (κ2) is 7.02. The third kappa shape index (κ3) is 3.73. The van der Waals surface area contributed by atoms with E-state index in [1.807, 2.05) is 12.1 Å². The maximum atomic E-state index is 11.9. The van der Waals surface area contributed by atoms with Crippen LogP contribution < -0.4 is 0 Å². The average molecular weight is 329 g/mol. The molecule has 21 heavy (non-hydrogen) atoms. The van der Waals surface area contributed by atoms with Crippen molar-refractivity contribution in [2.75, 3.05) is 0 Å². The molecular formula is C17H22Cl2O2. The monoisotopic (exact) mass is 328 g/mol. The molecule has 0 radical (unpaired) electrons. The van der Waals surface area contributed by atoms with Crippen molar-refractivity contribution in [2.45, 2.75) is 51.9 Å². The third-order valence-corrected chi connectivity index (χ3v) is 5.63. The average Bonchev–Trinajstić information content (AvgIpc) is 2.46. The molecule has 1 saturated carbocycles. The van der Waals surface area contributed by atoms with Gasteiger partial charge in [-0.15, -0.1) is 0 Å². The predicted octanol–water partition coefficient (Wildman–Crippen LogP) is 5.60. The first-order chi connectivity index (χ1) is 9.98. The molecule has 1 aliphatic carbocycles. The van der Waals surface area contributed by atoms with Gasteiger partial charge in [-0.2, -0.15) is 0 Å². The summed E-state index contributed by atoms with van der Waals surface area (Å²) in [5.41, 5.74) is 0.166. The zero-order chi connectivity index (χ0) is 15.5. The number of halogens is 2. The SMILES string of the molecule is CCCC1CCC(Cc2cccc(Cl)c2Cl)(C(=O)O)CC1. The van der Waals surface area contributed by atoms with Crippen LogP contribution in [0.5, 0.6) is 0 Å². The first-order valence-corrected chi connectivity index (χ1v) is 8.40. The molecule has 4 heteroatoms. The molecule has 1 aromatic carbocycles. The molecule has 0 unspecified atom stereocenters. The van der Waals surface area contributed by atoms with Gasteiger partial charge in [0.05, 0.1) is 15.5 Å². The van der Waals surface area contributed by atoms with E-state index in [9.17, 15) is 9.90 Å². The van der Waals surface area contributed by atoms with Crippen LogP contribution in [0, 0.1) is 11.3 Å². The Kier molecular flexibility index (Phi) is 5.56. The fourth-order valence-corrected chi connectivity index (χ4v) is 3.83. The van der Waals surface area contributed by atoms with Gasteiger partial charge in [0.15, 0.2) is 0 Å². The number of hydrogen-bond donors (Lipinski definition) is 1. The molecule has 0 saturated heterocycles. The van der Waals surface area contributed by atoms with Crippen molar-refractivity contribution in [2.24, 2.45) is 11.3 Å².